The van der Waals surface area contributed by atoms with Gasteiger partial charge < -0.3 is 10.1 Å². The van der Waals surface area contributed by atoms with Crippen molar-refractivity contribution in [3.63, 3.8) is 0 Å². The lowest BCUT2D eigenvalue weighted by atomic mass is 9.93. The quantitative estimate of drug-likeness (QED) is 0.552. The average molecular weight is 420 g/mol. The van der Waals surface area contributed by atoms with Crippen LogP contribution in [0.1, 0.15) is 76.7 Å². The summed E-state index contributed by atoms with van der Waals surface area (Å²) < 4.78 is 7.52. The number of carbonyl (C=O) groups is 1. The first-order valence-electron chi connectivity index (χ1n) is 10.8. The minimum atomic E-state index is -0.106. The summed E-state index contributed by atoms with van der Waals surface area (Å²) in [5.41, 5.74) is 7.27. The summed E-state index contributed by atoms with van der Waals surface area (Å²) in [6.45, 7) is 13.1. The molecule has 2 aromatic carbocycles. The van der Waals surface area contributed by atoms with E-state index in [2.05, 4.69) is 56.3 Å². The summed E-state index contributed by atoms with van der Waals surface area (Å²) in [5.74, 6) is 1.16. The van der Waals surface area contributed by atoms with Gasteiger partial charge in [-0.05, 0) is 86.2 Å². The number of methoxy groups -OCH3 is 1. The zero-order valence-electron chi connectivity index (χ0n) is 19.6. The number of ether oxygens (including phenoxy) is 1. The highest BCUT2D eigenvalue weighted by molar-refractivity contribution is 5.94. The first-order chi connectivity index (χ1) is 14.7. The fraction of sp³-hybridized carbons (Fsp3) is 0.385. The van der Waals surface area contributed by atoms with E-state index < -0.39 is 0 Å². The summed E-state index contributed by atoms with van der Waals surface area (Å²) in [6.07, 6.45) is 0. The number of rotatable bonds is 7. The minimum absolute atomic E-state index is 0.0773. The van der Waals surface area contributed by atoms with Crippen LogP contribution in [0.2, 0.25) is 0 Å². The fourth-order valence-electron chi connectivity index (χ4n) is 3.94. The van der Waals surface area contributed by atoms with E-state index in [1.165, 1.54) is 0 Å². The second kappa shape index (κ2) is 9.38. The first kappa shape index (κ1) is 22.6. The highest BCUT2D eigenvalue weighted by Crippen LogP contribution is 2.32. The van der Waals surface area contributed by atoms with E-state index in [9.17, 15) is 4.79 Å². The van der Waals surface area contributed by atoms with E-state index in [0.29, 0.717) is 18.0 Å². The van der Waals surface area contributed by atoms with E-state index in [1.54, 1.807) is 7.11 Å². The molecule has 0 radical (unpaired) electrons. The smallest absolute Gasteiger partial charge is 0.251 e. The Kier molecular flexibility index (Phi) is 6.84. The van der Waals surface area contributed by atoms with Crippen LogP contribution < -0.4 is 10.1 Å². The van der Waals surface area contributed by atoms with Crippen molar-refractivity contribution in [2.24, 2.45) is 0 Å². The Morgan fingerprint density at radius 3 is 2.26 bits per heavy atom. The van der Waals surface area contributed by atoms with Crippen LogP contribution in [0, 0.1) is 20.8 Å². The van der Waals surface area contributed by atoms with E-state index in [-0.39, 0.29) is 11.9 Å². The molecule has 0 bridgehead atoms. The Morgan fingerprint density at radius 2 is 1.71 bits per heavy atom. The van der Waals surface area contributed by atoms with E-state index in [1.807, 2.05) is 42.8 Å². The molecule has 3 rings (SSSR count). The van der Waals surface area contributed by atoms with Crippen molar-refractivity contribution in [2.45, 2.75) is 60.0 Å². The number of hydrogen-bond acceptors (Lipinski definition) is 3. The van der Waals surface area contributed by atoms with Crippen LogP contribution >= 0.6 is 0 Å². The molecule has 1 atom stereocenters. The van der Waals surface area contributed by atoms with Gasteiger partial charge in [0.25, 0.3) is 5.91 Å². The molecule has 0 spiro atoms. The number of hydrogen-bond donors (Lipinski definition) is 1. The van der Waals surface area contributed by atoms with Gasteiger partial charge in [0.1, 0.15) is 5.75 Å². The van der Waals surface area contributed by atoms with E-state index in [4.69, 9.17) is 4.74 Å². The predicted molar refractivity (Wildman–Crippen MR) is 125 cm³/mol. The maximum Gasteiger partial charge on any atom is 0.251 e. The van der Waals surface area contributed by atoms with Crippen molar-refractivity contribution in [3.8, 4) is 5.75 Å². The first-order valence-corrected chi connectivity index (χ1v) is 10.8. The summed E-state index contributed by atoms with van der Waals surface area (Å²) in [5, 5.41) is 7.65. The third-order valence-corrected chi connectivity index (χ3v) is 5.71. The molecular formula is C26H33N3O2. The van der Waals surface area contributed by atoms with Gasteiger partial charge in [-0.15, -0.1) is 0 Å². The fourth-order valence-corrected chi connectivity index (χ4v) is 3.94. The lowest BCUT2D eigenvalue weighted by Gasteiger charge is -2.21. The Balaban J connectivity index is 1.72. The zero-order valence-corrected chi connectivity index (χ0v) is 19.6. The molecule has 0 saturated heterocycles. The second-order valence-corrected chi connectivity index (χ2v) is 8.58. The molecule has 1 heterocycles. The molecule has 0 aliphatic heterocycles. The molecule has 0 saturated carbocycles. The molecule has 0 fully saturated rings. The Labute approximate surface area is 185 Å². The summed E-state index contributed by atoms with van der Waals surface area (Å²) in [4.78, 5) is 12.9. The van der Waals surface area contributed by atoms with Gasteiger partial charge in [0.15, 0.2) is 0 Å². The van der Waals surface area contributed by atoms with Crippen LogP contribution in [0.15, 0.2) is 42.5 Å². The molecular weight excluding hydrogens is 386 g/mol. The van der Waals surface area contributed by atoms with Gasteiger partial charge in [-0.2, -0.15) is 5.10 Å². The van der Waals surface area contributed by atoms with Crippen LogP contribution in [0.3, 0.4) is 0 Å². The van der Waals surface area contributed by atoms with Gasteiger partial charge in [-0.3, -0.25) is 9.48 Å². The van der Waals surface area contributed by atoms with Gasteiger partial charge in [0, 0.05) is 11.3 Å². The van der Waals surface area contributed by atoms with Crippen molar-refractivity contribution < 1.29 is 9.53 Å². The number of nitrogens with zero attached hydrogens (tertiary/aromatic N) is 2. The normalized spacial score (nSPS) is 12.1. The van der Waals surface area contributed by atoms with E-state index >= 15 is 0 Å². The van der Waals surface area contributed by atoms with Gasteiger partial charge in [-0.1, -0.05) is 26.0 Å². The third kappa shape index (κ3) is 5.16. The molecule has 5 heteroatoms. The molecule has 0 aliphatic carbocycles. The van der Waals surface area contributed by atoms with Crippen LogP contribution in [0.5, 0.6) is 5.75 Å². The lowest BCUT2D eigenvalue weighted by molar-refractivity contribution is 0.0940. The number of nitrogens with one attached hydrogen (secondary N) is 1. The predicted octanol–water partition coefficient (Wildman–Crippen LogP) is 5.48. The van der Waals surface area contributed by atoms with E-state index in [0.717, 1.165) is 39.4 Å². The number of aryl methyl sites for hydroxylation is 3. The van der Waals surface area contributed by atoms with Crippen LogP contribution in [-0.2, 0) is 6.54 Å². The molecule has 1 N–H and O–H groups in total. The highest BCUT2D eigenvalue weighted by atomic mass is 16.5. The Hall–Kier alpha value is -3.08. The summed E-state index contributed by atoms with van der Waals surface area (Å²) in [6, 6.07) is 13.9. The molecule has 3 aromatic rings. The lowest BCUT2D eigenvalue weighted by Crippen LogP contribution is -2.27. The molecule has 1 unspecified atom stereocenters. The minimum Gasteiger partial charge on any atom is -0.496 e. The zero-order chi connectivity index (χ0) is 22.7. The molecule has 5 nitrogen and oxygen atoms in total. The van der Waals surface area contributed by atoms with Crippen molar-refractivity contribution >= 4 is 5.91 Å². The standard InChI is InChI=1S/C26H33N3O2/c1-16(2)23-14-24(17(3)12-25(23)31-7)20(6)27-26(30)22-10-8-21(9-11-22)15-29-19(5)13-18(4)28-29/h8-14,16,20H,15H2,1-7H3,(H,27,30). The van der Waals surface area contributed by atoms with Crippen LogP contribution in [-0.4, -0.2) is 22.8 Å². The van der Waals surface area contributed by atoms with Gasteiger partial charge in [-0.25, -0.2) is 0 Å². The largest absolute Gasteiger partial charge is 0.496 e. The molecule has 1 aromatic heterocycles. The van der Waals surface area contributed by atoms with Crippen LogP contribution in [0.4, 0.5) is 0 Å². The molecule has 31 heavy (non-hydrogen) atoms. The number of aromatic nitrogens is 2. The van der Waals surface area contributed by atoms with Crippen LogP contribution in [0.25, 0.3) is 0 Å². The average Bonchev–Trinajstić information content (AvgIpc) is 3.04. The summed E-state index contributed by atoms with van der Waals surface area (Å²) in [7, 11) is 1.70. The molecule has 1 amide bonds. The summed E-state index contributed by atoms with van der Waals surface area (Å²) >= 11 is 0. The maximum absolute atomic E-state index is 12.9. The van der Waals surface area contributed by atoms with Gasteiger partial charge in [0.2, 0.25) is 0 Å². The molecule has 164 valence electrons. The van der Waals surface area contributed by atoms with Crippen molar-refractivity contribution in [2.75, 3.05) is 7.11 Å². The third-order valence-electron chi connectivity index (χ3n) is 5.71. The van der Waals surface area contributed by atoms with Crippen molar-refractivity contribution in [1.82, 2.24) is 15.1 Å². The second-order valence-electron chi connectivity index (χ2n) is 8.58. The highest BCUT2D eigenvalue weighted by Gasteiger charge is 2.17. The van der Waals surface area contributed by atoms with Crippen molar-refractivity contribution in [1.29, 1.82) is 0 Å². The van der Waals surface area contributed by atoms with Gasteiger partial charge in [0.05, 0.1) is 25.4 Å². The Bertz CT molecular complexity index is 1070. The number of benzene rings is 2. The molecule has 0 aliphatic rings. The maximum atomic E-state index is 12.9. The monoisotopic (exact) mass is 419 g/mol. The topological polar surface area (TPSA) is 56.1 Å². The Morgan fingerprint density at radius 1 is 1.03 bits per heavy atom. The van der Waals surface area contributed by atoms with Crippen molar-refractivity contribution in [3.05, 3.63) is 81.7 Å². The number of amides is 1. The SMILES string of the molecule is COc1cc(C)c(C(C)NC(=O)c2ccc(Cn3nc(C)cc3C)cc2)cc1C(C)C. The van der Waals surface area contributed by atoms with Gasteiger partial charge >= 0.3 is 0 Å². The number of carbonyl (C=O) groups excluding carboxylic acids is 1.